The number of halogens is 15. The van der Waals surface area contributed by atoms with Crippen molar-refractivity contribution in [3.63, 3.8) is 0 Å². The first-order valence-electron chi connectivity index (χ1n) is 11.1. The fraction of sp³-hybridized carbons (Fsp3) is 1.00. The quantitative estimate of drug-likeness (QED) is 0.317. The average Bonchev–Trinajstić information content (AvgIpc) is 2.97. The van der Waals surface area contributed by atoms with E-state index in [-0.39, 0.29) is 31.6 Å². The van der Waals surface area contributed by atoms with Gasteiger partial charge in [-0.2, -0.15) is 65.9 Å². The largest absolute Gasteiger partial charge is 0.426 e. The van der Waals surface area contributed by atoms with E-state index in [1.165, 1.54) is 0 Å². The number of alkyl halides is 15. The summed E-state index contributed by atoms with van der Waals surface area (Å²) in [5.74, 6) is -5.64. The topological polar surface area (TPSA) is 49.7 Å². The molecule has 0 radical (unpaired) electrons. The van der Waals surface area contributed by atoms with E-state index in [0.717, 1.165) is 0 Å². The summed E-state index contributed by atoms with van der Waals surface area (Å²) in [7, 11) is 0. The van der Waals surface area contributed by atoms with Crippen molar-refractivity contribution in [2.75, 3.05) is 0 Å². The van der Waals surface area contributed by atoms with E-state index >= 15 is 0 Å². The van der Waals surface area contributed by atoms with Crippen molar-refractivity contribution in [2.24, 2.45) is 29.6 Å². The Morgan fingerprint density at radius 1 is 0.632 bits per heavy atom. The predicted octanol–water partition coefficient (Wildman–Crippen LogP) is 6.48. The summed E-state index contributed by atoms with van der Waals surface area (Å²) in [6, 6.07) is 0. The van der Waals surface area contributed by atoms with Gasteiger partial charge in [-0.1, -0.05) is 0 Å². The molecule has 18 heteroatoms. The van der Waals surface area contributed by atoms with Gasteiger partial charge in [0.1, 0.15) is 0 Å². The summed E-state index contributed by atoms with van der Waals surface area (Å²) < 4.78 is 208. The number of aliphatic hydroxyl groups is 2. The maximum absolute atomic E-state index is 14.1. The lowest BCUT2D eigenvalue weighted by atomic mass is 9.75. The summed E-state index contributed by atoms with van der Waals surface area (Å²) in [5, 5.41) is 19.1. The molecule has 2 N–H and O–H groups in total. The number of ether oxygens (including phenoxy) is 1. The molecule has 4 aliphatic rings. The first-order chi connectivity index (χ1) is 16.6. The maximum Gasteiger partial charge on any atom is 0.426 e. The lowest BCUT2D eigenvalue weighted by Crippen LogP contribution is -2.63. The van der Waals surface area contributed by atoms with Crippen molar-refractivity contribution in [1.29, 1.82) is 0 Å². The van der Waals surface area contributed by atoms with Gasteiger partial charge in [-0.15, -0.1) is 0 Å². The van der Waals surface area contributed by atoms with Gasteiger partial charge in [-0.3, -0.25) is 0 Å². The molecule has 5 atom stereocenters. The van der Waals surface area contributed by atoms with Gasteiger partial charge in [0.05, 0.1) is 6.10 Å². The SMILES string of the molecule is CC(O)(CC(CC(O)(C(F)(F)F)C(F)(F)F)CC(OC1C2CC3C(C2)C31)(C(F)(F)F)C(F)(F)F)C(F)(F)F. The summed E-state index contributed by atoms with van der Waals surface area (Å²) in [6.07, 6.45) is -42.5. The number of rotatable bonds is 8. The van der Waals surface area contributed by atoms with E-state index in [9.17, 15) is 76.1 Å². The van der Waals surface area contributed by atoms with E-state index in [1.54, 1.807) is 0 Å². The van der Waals surface area contributed by atoms with E-state index < -0.39 is 90.8 Å². The maximum atomic E-state index is 14.1. The molecule has 4 rings (SSSR count). The summed E-state index contributed by atoms with van der Waals surface area (Å²) >= 11 is 0. The number of hydrogen-bond donors (Lipinski definition) is 2. The van der Waals surface area contributed by atoms with Crippen LogP contribution in [-0.2, 0) is 4.74 Å². The minimum Gasteiger partial charge on any atom is -0.381 e. The Hall–Kier alpha value is -1.17. The third-order valence-electron chi connectivity index (χ3n) is 8.04. The molecule has 0 aromatic carbocycles. The van der Waals surface area contributed by atoms with Gasteiger partial charge in [0, 0.05) is 0 Å². The van der Waals surface area contributed by atoms with E-state index in [4.69, 9.17) is 0 Å². The van der Waals surface area contributed by atoms with Crippen molar-refractivity contribution in [2.45, 2.75) is 92.8 Å². The average molecular weight is 594 g/mol. The molecule has 0 spiro atoms. The summed E-state index contributed by atoms with van der Waals surface area (Å²) in [6.45, 7) is -0.246. The first kappa shape index (κ1) is 31.4. The van der Waals surface area contributed by atoms with Crippen molar-refractivity contribution in [1.82, 2.24) is 0 Å². The van der Waals surface area contributed by atoms with Gasteiger partial charge in [0.2, 0.25) is 0 Å². The molecule has 38 heavy (non-hydrogen) atoms. The minimum absolute atomic E-state index is 0.180. The molecule has 4 aliphatic carbocycles. The molecule has 5 unspecified atom stereocenters. The predicted molar refractivity (Wildman–Crippen MR) is 94.0 cm³/mol. The first-order valence-corrected chi connectivity index (χ1v) is 11.1. The van der Waals surface area contributed by atoms with Crippen LogP contribution in [0.25, 0.3) is 0 Å². The van der Waals surface area contributed by atoms with E-state index in [0.29, 0.717) is 0 Å². The molecule has 4 saturated carbocycles. The lowest BCUT2D eigenvalue weighted by Gasteiger charge is -2.44. The molecule has 224 valence electrons. The van der Waals surface area contributed by atoms with Crippen LogP contribution in [0, 0.1) is 29.6 Å². The molecule has 0 amide bonds. The van der Waals surface area contributed by atoms with Crippen LogP contribution in [0.4, 0.5) is 65.9 Å². The van der Waals surface area contributed by atoms with Crippen LogP contribution in [0.15, 0.2) is 0 Å². The highest BCUT2D eigenvalue weighted by molar-refractivity contribution is 5.18. The second-order valence-corrected chi connectivity index (χ2v) is 10.6. The van der Waals surface area contributed by atoms with Crippen LogP contribution in [0.5, 0.6) is 0 Å². The molecule has 0 aromatic heterocycles. The molecule has 3 nitrogen and oxygen atoms in total. The van der Waals surface area contributed by atoms with Crippen molar-refractivity contribution >= 4 is 0 Å². The molecule has 4 bridgehead atoms. The van der Waals surface area contributed by atoms with Gasteiger partial charge in [0.15, 0.2) is 5.60 Å². The Morgan fingerprint density at radius 2 is 1.05 bits per heavy atom. The van der Waals surface area contributed by atoms with Crippen LogP contribution in [0.3, 0.4) is 0 Å². The Morgan fingerprint density at radius 3 is 1.34 bits per heavy atom. The molecular weight excluding hydrogens is 573 g/mol. The smallest absolute Gasteiger partial charge is 0.381 e. The summed E-state index contributed by atoms with van der Waals surface area (Å²) in [5.41, 5.74) is -15.8. The van der Waals surface area contributed by atoms with Gasteiger partial charge < -0.3 is 14.9 Å². The summed E-state index contributed by atoms with van der Waals surface area (Å²) in [4.78, 5) is 0. The van der Waals surface area contributed by atoms with Crippen molar-refractivity contribution in [3.8, 4) is 0 Å². The lowest BCUT2D eigenvalue weighted by molar-refractivity contribution is -0.402. The fourth-order valence-corrected chi connectivity index (χ4v) is 6.10. The monoisotopic (exact) mass is 594 g/mol. The number of hydrogen-bond acceptors (Lipinski definition) is 3. The minimum atomic E-state index is -6.78. The normalized spacial score (nSPS) is 30.9. The zero-order valence-electron chi connectivity index (χ0n) is 19.0. The highest BCUT2D eigenvalue weighted by atomic mass is 19.4. The molecule has 0 heterocycles. The van der Waals surface area contributed by atoms with E-state index in [2.05, 4.69) is 4.74 Å². The van der Waals surface area contributed by atoms with E-state index in [1.807, 2.05) is 0 Å². The standard InChI is InChI=1S/C20H21F15O3/c1-13(36,16(21,22)23)4-7(5-14(37,17(24,25)26)18(27,28)29)6-15(19(30,31)32,20(33,34)35)38-12-8-2-9-10(3-8)11(9)12/h7-12,36-37H,2-6H2,1H3. The van der Waals surface area contributed by atoms with Crippen LogP contribution >= 0.6 is 0 Å². The van der Waals surface area contributed by atoms with Gasteiger partial charge in [-0.05, 0) is 68.6 Å². The van der Waals surface area contributed by atoms with Gasteiger partial charge >= 0.3 is 30.9 Å². The van der Waals surface area contributed by atoms with Crippen molar-refractivity contribution in [3.05, 3.63) is 0 Å². The van der Waals surface area contributed by atoms with Gasteiger partial charge in [0.25, 0.3) is 11.2 Å². The van der Waals surface area contributed by atoms with Crippen LogP contribution < -0.4 is 0 Å². The second kappa shape index (κ2) is 8.66. The Kier molecular flexibility index (Phi) is 7.15. The zero-order chi connectivity index (χ0) is 29.7. The molecule has 0 aromatic rings. The molecule has 0 saturated heterocycles. The Balaban J connectivity index is 2.10. The highest BCUT2D eigenvalue weighted by Crippen LogP contribution is 2.72. The third kappa shape index (κ3) is 4.94. The molecule has 0 aliphatic heterocycles. The zero-order valence-corrected chi connectivity index (χ0v) is 19.0. The Labute approximate surface area is 204 Å². The molecule has 4 fully saturated rings. The highest BCUT2D eigenvalue weighted by Gasteiger charge is 2.78. The van der Waals surface area contributed by atoms with Crippen molar-refractivity contribution < 1.29 is 80.8 Å². The second-order valence-electron chi connectivity index (χ2n) is 10.6. The van der Waals surface area contributed by atoms with Crippen LogP contribution in [0.2, 0.25) is 0 Å². The third-order valence-corrected chi connectivity index (χ3v) is 8.04. The molecular formula is C20H21F15O3. The van der Waals surface area contributed by atoms with Gasteiger partial charge in [-0.25, -0.2) is 0 Å². The van der Waals surface area contributed by atoms with Crippen LogP contribution in [-0.4, -0.2) is 64.0 Å². The van der Waals surface area contributed by atoms with Crippen LogP contribution in [0.1, 0.15) is 39.0 Å². The Bertz CT molecular complexity index is 841. The fourth-order valence-electron chi connectivity index (χ4n) is 6.10.